The van der Waals surface area contributed by atoms with Crippen LogP contribution >= 0.6 is 0 Å². The molecule has 0 unspecified atom stereocenters. The fraction of sp³-hybridized carbons (Fsp3) is 0.133. The van der Waals surface area contributed by atoms with E-state index in [2.05, 4.69) is 10.5 Å². The first-order valence-corrected chi connectivity index (χ1v) is 6.07. The molecule has 2 rings (SSSR count). The van der Waals surface area contributed by atoms with Crippen molar-refractivity contribution >= 4 is 12.1 Å². The summed E-state index contributed by atoms with van der Waals surface area (Å²) in [5.74, 6) is -0.153. The van der Waals surface area contributed by atoms with Gasteiger partial charge in [0.1, 0.15) is 0 Å². The Morgan fingerprint density at radius 2 is 2.00 bits per heavy atom. The number of aryl methyl sites for hydroxylation is 1. The summed E-state index contributed by atoms with van der Waals surface area (Å²) >= 11 is 0. The number of hydrogen-bond acceptors (Lipinski definition) is 2. The first kappa shape index (κ1) is 15.9. The normalized spacial score (nSPS) is 10.1. The zero-order valence-electron chi connectivity index (χ0n) is 11.2. The number of nitrogens with one attached hydrogen (secondary N) is 1. The maximum Gasteiger partial charge on any atom is 0.305 e. The number of pyridine rings is 1. The molecule has 0 radical (unpaired) electrons. The zero-order valence-corrected chi connectivity index (χ0v) is 11.9. The van der Waals surface area contributed by atoms with Crippen LogP contribution in [0.2, 0.25) is 0 Å². The van der Waals surface area contributed by atoms with E-state index in [9.17, 15) is 4.79 Å². The molecule has 1 N–H and O–H groups in total. The maximum absolute atomic E-state index is 11.6. The van der Waals surface area contributed by atoms with Crippen molar-refractivity contribution in [2.75, 3.05) is 0 Å². The number of amides is 1. The second kappa shape index (κ2) is 8.07. The summed E-state index contributed by atoms with van der Waals surface area (Å²) in [6.45, 7) is 2.27. The summed E-state index contributed by atoms with van der Waals surface area (Å²) in [6.07, 6.45) is 5.31. The van der Waals surface area contributed by atoms with Crippen LogP contribution in [0.4, 0.5) is 0 Å². The number of aromatic nitrogens is 1. The van der Waals surface area contributed by atoms with Gasteiger partial charge in [0.25, 0.3) is 0 Å². The van der Waals surface area contributed by atoms with Crippen molar-refractivity contribution in [3.05, 3.63) is 66.0 Å². The molecule has 0 bridgehead atoms. The van der Waals surface area contributed by atoms with Crippen LogP contribution in [0.1, 0.15) is 11.1 Å². The summed E-state index contributed by atoms with van der Waals surface area (Å²) < 4.78 is 1.79. The fourth-order valence-electron chi connectivity index (χ4n) is 1.67. The van der Waals surface area contributed by atoms with E-state index in [1.54, 1.807) is 10.8 Å². The number of carbonyl (C=O) groups excluding carboxylic acids is 1. The van der Waals surface area contributed by atoms with E-state index in [1.165, 1.54) is 0 Å². The number of halogens is 1. The smallest absolute Gasteiger partial charge is 0.305 e. The van der Waals surface area contributed by atoms with Crippen LogP contribution < -0.4 is 22.4 Å². The minimum absolute atomic E-state index is 0. The molecule has 4 nitrogen and oxygen atoms in total. The molecule has 1 aromatic heterocycles. The molecule has 0 atom stereocenters. The highest BCUT2D eigenvalue weighted by Crippen LogP contribution is 2.00. The Bertz CT molecular complexity index is 585. The molecule has 104 valence electrons. The van der Waals surface area contributed by atoms with E-state index in [0.717, 1.165) is 11.1 Å². The molecule has 0 saturated heterocycles. The molecule has 0 aliphatic rings. The molecule has 0 fully saturated rings. The average Bonchev–Trinajstić information content (AvgIpc) is 2.40. The Morgan fingerprint density at radius 1 is 1.25 bits per heavy atom. The summed E-state index contributed by atoms with van der Waals surface area (Å²) in [7, 11) is 0. The number of hydrogen-bond donors (Lipinski definition) is 1. The lowest BCUT2D eigenvalue weighted by atomic mass is 10.2. The van der Waals surface area contributed by atoms with Gasteiger partial charge in [-0.25, -0.2) is 5.43 Å². The van der Waals surface area contributed by atoms with Crippen LogP contribution in [-0.2, 0) is 11.3 Å². The summed E-state index contributed by atoms with van der Waals surface area (Å²) in [5, 5.41) is 3.94. The lowest BCUT2D eigenvalue weighted by molar-refractivity contribution is -0.684. The van der Waals surface area contributed by atoms with Crippen molar-refractivity contribution in [3.63, 3.8) is 0 Å². The van der Waals surface area contributed by atoms with Crippen molar-refractivity contribution in [2.45, 2.75) is 13.5 Å². The Balaban J connectivity index is 0.00000200. The molecular weight excluding hydrogens is 274 g/mol. The number of hydrazone groups is 1. The van der Waals surface area contributed by atoms with Gasteiger partial charge in [-0.3, -0.25) is 4.79 Å². The van der Waals surface area contributed by atoms with E-state index < -0.39 is 0 Å². The van der Waals surface area contributed by atoms with E-state index in [-0.39, 0.29) is 24.9 Å². The van der Waals surface area contributed by atoms with Crippen LogP contribution in [0.25, 0.3) is 0 Å². The minimum atomic E-state index is -0.153. The highest BCUT2D eigenvalue weighted by molar-refractivity contribution is 5.82. The first-order chi connectivity index (χ1) is 9.24. The van der Waals surface area contributed by atoms with Gasteiger partial charge < -0.3 is 12.4 Å². The highest BCUT2D eigenvalue weighted by atomic mass is 35.5. The molecular formula is C15H16ClN3O. The molecule has 0 spiro atoms. The second-order valence-electron chi connectivity index (χ2n) is 4.26. The standard InChI is InChI=1S/C15H15N3O.ClH/c1-13-6-5-7-14(10-13)11-16-17-15(19)12-18-8-3-2-4-9-18;/h2-11H,12H2,1H3;1H. The van der Waals surface area contributed by atoms with E-state index in [1.807, 2.05) is 61.8 Å². The first-order valence-electron chi connectivity index (χ1n) is 6.07. The Morgan fingerprint density at radius 3 is 2.70 bits per heavy atom. The SMILES string of the molecule is Cc1cccc(C=NNC(=O)C[n+]2ccccc2)c1.[Cl-]. The third-order valence-corrected chi connectivity index (χ3v) is 2.55. The molecule has 1 heterocycles. The summed E-state index contributed by atoms with van der Waals surface area (Å²) in [4.78, 5) is 11.6. The van der Waals surface area contributed by atoms with E-state index in [0.29, 0.717) is 0 Å². The van der Waals surface area contributed by atoms with Crippen LogP contribution in [0.3, 0.4) is 0 Å². The molecule has 1 amide bonds. The van der Waals surface area contributed by atoms with Crippen molar-refractivity contribution in [1.82, 2.24) is 5.43 Å². The van der Waals surface area contributed by atoms with Crippen molar-refractivity contribution in [3.8, 4) is 0 Å². The van der Waals surface area contributed by atoms with Gasteiger partial charge in [-0.05, 0) is 12.5 Å². The monoisotopic (exact) mass is 289 g/mol. The average molecular weight is 290 g/mol. The van der Waals surface area contributed by atoms with Gasteiger partial charge in [0.2, 0.25) is 6.54 Å². The molecule has 0 aliphatic heterocycles. The Kier molecular flexibility index (Phi) is 6.40. The van der Waals surface area contributed by atoms with Gasteiger partial charge in [-0.2, -0.15) is 9.67 Å². The van der Waals surface area contributed by atoms with Gasteiger partial charge in [-0.1, -0.05) is 35.9 Å². The molecule has 20 heavy (non-hydrogen) atoms. The fourth-order valence-corrected chi connectivity index (χ4v) is 1.67. The third-order valence-electron chi connectivity index (χ3n) is 2.55. The number of rotatable bonds is 4. The zero-order chi connectivity index (χ0) is 13.5. The molecule has 2 aromatic rings. The number of carbonyl (C=O) groups is 1. The van der Waals surface area contributed by atoms with Gasteiger partial charge in [-0.15, -0.1) is 0 Å². The van der Waals surface area contributed by atoms with E-state index >= 15 is 0 Å². The Labute approximate surface area is 124 Å². The van der Waals surface area contributed by atoms with Crippen molar-refractivity contribution < 1.29 is 21.8 Å². The van der Waals surface area contributed by atoms with E-state index in [4.69, 9.17) is 0 Å². The molecule has 1 aromatic carbocycles. The largest absolute Gasteiger partial charge is 1.00 e. The molecule has 0 aliphatic carbocycles. The van der Waals surface area contributed by atoms with Crippen LogP contribution in [0.15, 0.2) is 60.0 Å². The summed E-state index contributed by atoms with van der Waals surface area (Å²) in [6, 6.07) is 13.6. The number of benzene rings is 1. The minimum Gasteiger partial charge on any atom is -1.00 e. The number of nitrogens with zero attached hydrogens (tertiary/aromatic N) is 2. The van der Waals surface area contributed by atoms with Gasteiger partial charge in [0.05, 0.1) is 6.21 Å². The summed E-state index contributed by atoms with van der Waals surface area (Å²) in [5.41, 5.74) is 4.64. The van der Waals surface area contributed by atoms with Crippen molar-refractivity contribution in [1.29, 1.82) is 0 Å². The van der Waals surface area contributed by atoms with Crippen molar-refractivity contribution in [2.24, 2.45) is 5.10 Å². The predicted molar refractivity (Wildman–Crippen MR) is 73.6 cm³/mol. The highest BCUT2D eigenvalue weighted by Gasteiger charge is 2.06. The third kappa shape index (κ3) is 5.20. The topological polar surface area (TPSA) is 45.3 Å². The second-order valence-corrected chi connectivity index (χ2v) is 4.26. The molecule has 5 heteroatoms. The quantitative estimate of drug-likeness (QED) is 0.413. The van der Waals surface area contributed by atoms with Gasteiger partial charge >= 0.3 is 5.91 Å². The van der Waals surface area contributed by atoms with Crippen LogP contribution in [-0.4, -0.2) is 12.1 Å². The van der Waals surface area contributed by atoms with Crippen LogP contribution in [0, 0.1) is 6.92 Å². The van der Waals surface area contributed by atoms with Crippen LogP contribution in [0.5, 0.6) is 0 Å². The lowest BCUT2D eigenvalue weighted by Gasteiger charge is -1.97. The molecule has 0 saturated carbocycles. The lowest BCUT2D eigenvalue weighted by Crippen LogP contribution is -3.00. The predicted octanol–water partition coefficient (Wildman–Crippen LogP) is -1.56. The maximum atomic E-state index is 11.6. The van der Waals surface area contributed by atoms with Gasteiger partial charge in [0.15, 0.2) is 12.4 Å². The van der Waals surface area contributed by atoms with Gasteiger partial charge in [0, 0.05) is 12.1 Å². The Hall–Kier alpha value is -2.20.